The molecule has 0 radical (unpaired) electrons. The van der Waals surface area contributed by atoms with Crippen LogP contribution in [0.25, 0.3) is 0 Å². The molecule has 0 aromatic carbocycles. The molecule has 1 fully saturated rings. The van der Waals surface area contributed by atoms with E-state index in [2.05, 4.69) is 50.3 Å². The fourth-order valence-corrected chi connectivity index (χ4v) is 2.62. The molecule has 17 heavy (non-hydrogen) atoms. The number of pyridine rings is 1. The Balaban J connectivity index is 0.00000144. The van der Waals surface area contributed by atoms with Crippen molar-refractivity contribution in [3.05, 3.63) is 28.5 Å². The zero-order valence-electron chi connectivity index (χ0n) is 10.0. The molecule has 1 aliphatic rings. The Hall–Kier alpha value is -0.160. The SMILES string of the molecule is CN(Cc1ccnc(Br)c1)CC1CCCN1.Cl. The van der Waals surface area contributed by atoms with Crippen LogP contribution in [0.2, 0.25) is 0 Å². The fourth-order valence-electron chi connectivity index (χ4n) is 2.21. The van der Waals surface area contributed by atoms with Crippen molar-refractivity contribution >= 4 is 28.3 Å². The highest BCUT2D eigenvalue weighted by Crippen LogP contribution is 2.11. The molecule has 1 saturated heterocycles. The third-order valence-corrected chi connectivity index (χ3v) is 3.37. The predicted molar refractivity (Wildman–Crippen MR) is 76.5 cm³/mol. The Bertz CT molecular complexity index is 342. The molecule has 0 spiro atoms. The van der Waals surface area contributed by atoms with Gasteiger partial charge in [-0.25, -0.2) is 4.98 Å². The maximum atomic E-state index is 4.14. The van der Waals surface area contributed by atoms with Crippen LogP contribution < -0.4 is 5.32 Å². The summed E-state index contributed by atoms with van der Waals surface area (Å²) in [7, 11) is 2.17. The molecule has 1 aromatic rings. The Morgan fingerprint density at radius 3 is 3.06 bits per heavy atom. The van der Waals surface area contributed by atoms with Gasteiger partial charge < -0.3 is 10.2 Å². The minimum absolute atomic E-state index is 0. The highest BCUT2D eigenvalue weighted by atomic mass is 79.9. The van der Waals surface area contributed by atoms with Crippen molar-refractivity contribution in [3.63, 3.8) is 0 Å². The molecule has 1 aliphatic heterocycles. The lowest BCUT2D eigenvalue weighted by Crippen LogP contribution is -2.34. The first kappa shape index (κ1) is 14.9. The Labute approximate surface area is 118 Å². The second-order valence-electron chi connectivity index (χ2n) is 4.48. The van der Waals surface area contributed by atoms with Gasteiger partial charge in [0.2, 0.25) is 0 Å². The van der Waals surface area contributed by atoms with Crippen LogP contribution in [0.15, 0.2) is 22.9 Å². The van der Waals surface area contributed by atoms with E-state index in [1.54, 1.807) is 0 Å². The average Bonchev–Trinajstić information content (AvgIpc) is 2.70. The Morgan fingerprint density at radius 2 is 2.41 bits per heavy atom. The minimum Gasteiger partial charge on any atom is -0.313 e. The van der Waals surface area contributed by atoms with E-state index in [4.69, 9.17) is 0 Å². The van der Waals surface area contributed by atoms with Crippen LogP contribution in [0.1, 0.15) is 18.4 Å². The molecule has 0 bridgehead atoms. The first-order valence-corrected chi connectivity index (χ1v) is 6.56. The summed E-state index contributed by atoms with van der Waals surface area (Å²) in [6.07, 6.45) is 4.48. The summed E-state index contributed by atoms with van der Waals surface area (Å²) < 4.78 is 0.914. The zero-order chi connectivity index (χ0) is 11.4. The van der Waals surface area contributed by atoms with E-state index in [0.29, 0.717) is 6.04 Å². The maximum absolute atomic E-state index is 4.14. The quantitative estimate of drug-likeness (QED) is 0.864. The number of aromatic nitrogens is 1. The summed E-state index contributed by atoms with van der Waals surface area (Å²) in [6.45, 7) is 3.29. The largest absolute Gasteiger partial charge is 0.313 e. The van der Waals surface area contributed by atoms with E-state index in [-0.39, 0.29) is 12.4 Å². The molecule has 0 saturated carbocycles. The van der Waals surface area contributed by atoms with Gasteiger partial charge in [-0.3, -0.25) is 0 Å². The van der Waals surface area contributed by atoms with Gasteiger partial charge in [-0.1, -0.05) is 0 Å². The number of rotatable bonds is 4. The molecule has 1 unspecified atom stereocenters. The molecule has 96 valence electrons. The van der Waals surface area contributed by atoms with Crippen molar-refractivity contribution in [1.29, 1.82) is 0 Å². The van der Waals surface area contributed by atoms with E-state index in [0.717, 1.165) is 17.7 Å². The van der Waals surface area contributed by atoms with E-state index < -0.39 is 0 Å². The van der Waals surface area contributed by atoms with Gasteiger partial charge in [-0.15, -0.1) is 12.4 Å². The fraction of sp³-hybridized carbons (Fsp3) is 0.583. The van der Waals surface area contributed by atoms with Crippen LogP contribution in [0.3, 0.4) is 0 Å². The van der Waals surface area contributed by atoms with Gasteiger partial charge in [0, 0.05) is 25.3 Å². The van der Waals surface area contributed by atoms with Crippen LogP contribution in [0.4, 0.5) is 0 Å². The number of nitrogens with one attached hydrogen (secondary N) is 1. The lowest BCUT2D eigenvalue weighted by atomic mass is 10.2. The normalized spacial score (nSPS) is 19.4. The molecule has 1 N–H and O–H groups in total. The number of nitrogens with zero attached hydrogens (tertiary/aromatic N) is 2. The van der Waals surface area contributed by atoms with Crippen molar-refractivity contribution in [2.45, 2.75) is 25.4 Å². The van der Waals surface area contributed by atoms with Crippen LogP contribution >= 0.6 is 28.3 Å². The summed E-state index contributed by atoms with van der Waals surface area (Å²) in [5, 5.41) is 3.52. The molecule has 1 atom stereocenters. The third-order valence-electron chi connectivity index (χ3n) is 2.94. The molecule has 2 heterocycles. The maximum Gasteiger partial charge on any atom is 0.106 e. The monoisotopic (exact) mass is 319 g/mol. The lowest BCUT2D eigenvalue weighted by Gasteiger charge is -2.21. The highest BCUT2D eigenvalue weighted by Gasteiger charge is 2.15. The van der Waals surface area contributed by atoms with E-state index in [9.17, 15) is 0 Å². The molecular weight excluding hydrogens is 302 g/mol. The minimum atomic E-state index is 0. The van der Waals surface area contributed by atoms with Gasteiger partial charge >= 0.3 is 0 Å². The number of halogens is 2. The smallest absolute Gasteiger partial charge is 0.106 e. The van der Waals surface area contributed by atoms with Gasteiger partial charge in [-0.2, -0.15) is 0 Å². The molecular formula is C12H19BrClN3. The summed E-state index contributed by atoms with van der Waals surface area (Å²) in [5.74, 6) is 0. The van der Waals surface area contributed by atoms with Crippen LogP contribution in [0, 0.1) is 0 Å². The average molecular weight is 321 g/mol. The van der Waals surface area contributed by atoms with Gasteiger partial charge in [0.1, 0.15) is 4.60 Å². The highest BCUT2D eigenvalue weighted by molar-refractivity contribution is 9.10. The van der Waals surface area contributed by atoms with E-state index in [1.165, 1.54) is 24.9 Å². The van der Waals surface area contributed by atoms with Crippen molar-refractivity contribution < 1.29 is 0 Å². The second-order valence-corrected chi connectivity index (χ2v) is 5.29. The Morgan fingerprint density at radius 1 is 1.59 bits per heavy atom. The van der Waals surface area contributed by atoms with Crippen LogP contribution in [-0.4, -0.2) is 36.1 Å². The second kappa shape index (κ2) is 7.31. The first-order chi connectivity index (χ1) is 7.74. The number of hydrogen-bond acceptors (Lipinski definition) is 3. The van der Waals surface area contributed by atoms with Gasteiger partial charge in [0.25, 0.3) is 0 Å². The van der Waals surface area contributed by atoms with Crippen LogP contribution in [0.5, 0.6) is 0 Å². The standard InChI is InChI=1S/C12H18BrN3.ClH/c1-16(9-11-3-2-5-14-11)8-10-4-6-15-12(13)7-10;/h4,6-7,11,14H,2-3,5,8-9H2,1H3;1H. The number of likely N-dealkylation sites (N-methyl/N-ethyl adjacent to an activating group) is 1. The van der Waals surface area contributed by atoms with E-state index >= 15 is 0 Å². The van der Waals surface area contributed by atoms with Crippen molar-refractivity contribution in [3.8, 4) is 0 Å². The Kier molecular flexibility index (Phi) is 6.41. The predicted octanol–water partition coefficient (Wildman–Crippen LogP) is 2.45. The van der Waals surface area contributed by atoms with Gasteiger partial charge in [0.15, 0.2) is 0 Å². The van der Waals surface area contributed by atoms with Crippen molar-refractivity contribution in [1.82, 2.24) is 15.2 Å². The van der Waals surface area contributed by atoms with Gasteiger partial charge in [0.05, 0.1) is 0 Å². The third kappa shape index (κ3) is 4.92. The summed E-state index contributed by atoms with van der Waals surface area (Å²) in [4.78, 5) is 6.50. The molecule has 5 heteroatoms. The van der Waals surface area contributed by atoms with Crippen molar-refractivity contribution in [2.75, 3.05) is 20.1 Å². The summed E-state index contributed by atoms with van der Waals surface area (Å²) >= 11 is 3.40. The van der Waals surface area contributed by atoms with Crippen LogP contribution in [-0.2, 0) is 6.54 Å². The molecule has 2 rings (SSSR count). The molecule has 1 aromatic heterocycles. The van der Waals surface area contributed by atoms with E-state index in [1.807, 2.05) is 6.20 Å². The topological polar surface area (TPSA) is 28.2 Å². The molecule has 0 amide bonds. The van der Waals surface area contributed by atoms with Gasteiger partial charge in [-0.05, 0) is 60.1 Å². The lowest BCUT2D eigenvalue weighted by molar-refractivity contribution is 0.293. The summed E-state index contributed by atoms with van der Waals surface area (Å²) in [6, 6.07) is 4.83. The summed E-state index contributed by atoms with van der Waals surface area (Å²) in [5.41, 5.74) is 1.31. The molecule has 0 aliphatic carbocycles. The number of hydrogen-bond donors (Lipinski definition) is 1. The van der Waals surface area contributed by atoms with Crippen molar-refractivity contribution in [2.24, 2.45) is 0 Å². The first-order valence-electron chi connectivity index (χ1n) is 5.76. The zero-order valence-corrected chi connectivity index (χ0v) is 12.4. The molecule has 3 nitrogen and oxygen atoms in total.